The number of carbonyl (C=O) groups is 1. The first-order chi connectivity index (χ1) is 8.29. The van der Waals surface area contributed by atoms with Crippen molar-refractivity contribution in [2.45, 2.75) is 25.7 Å². The van der Waals surface area contributed by atoms with Gasteiger partial charge in [-0.3, -0.25) is 0 Å². The van der Waals surface area contributed by atoms with Gasteiger partial charge in [0.1, 0.15) is 5.56 Å². The number of hydrogen-bond acceptors (Lipinski definition) is 3. The number of nitrogens with zero attached hydrogens (tertiary/aromatic N) is 2. The zero-order chi connectivity index (χ0) is 11.8. The summed E-state index contributed by atoms with van der Waals surface area (Å²) in [5, 5.41) is 4.16. The summed E-state index contributed by atoms with van der Waals surface area (Å²) in [6, 6.07) is 4.13. The predicted octanol–water partition coefficient (Wildman–Crippen LogP) is 2.39. The molecule has 2 heterocycles. The molecule has 2 aromatic heterocycles. The van der Waals surface area contributed by atoms with Crippen LogP contribution in [-0.2, 0) is 4.74 Å². The van der Waals surface area contributed by atoms with Gasteiger partial charge in [-0.2, -0.15) is 5.10 Å². The fraction of sp³-hybridized carbons (Fsp3) is 0.385. The van der Waals surface area contributed by atoms with E-state index in [2.05, 4.69) is 17.2 Å². The van der Waals surface area contributed by atoms with Gasteiger partial charge in [-0.25, -0.2) is 9.31 Å². The van der Waals surface area contributed by atoms with Crippen LogP contribution >= 0.6 is 0 Å². The zero-order valence-electron chi connectivity index (χ0n) is 9.72. The molecular weight excluding hydrogens is 216 g/mol. The van der Waals surface area contributed by atoms with Crippen molar-refractivity contribution in [1.82, 2.24) is 9.61 Å². The Kier molecular flexibility index (Phi) is 2.35. The average Bonchev–Trinajstić information content (AvgIpc) is 3.09. The Balaban J connectivity index is 2.05. The maximum atomic E-state index is 11.7. The smallest absolute Gasteiger partial charge is 0.341 e. The molecule has 0 saturated heterocycles. The Bertz CT molecular complexity index is 570. The minimum atomic E-state index is -0.296. The molecule has 4 heteroatoms. The lowest BCUT2D eigenvalue weighted by Gasteiger charge is -2.02. The highest BCUT2D eigenvalue weighted by atomic mass is 16.5. The largest absolute Gasteiger partial charge is 0.462 e. The first-order valence-electron chi connectivity index (χ1n) is 5.94. The maximum absolute atomic E-state index is 11.7. The second-order valence-corrected chi connectivity index (χ2v) is 4.34. The van der Waals surface area contributed by atoms with Crippen molar-refractivity contribution in [1.29, 1.82) is 0 Å². The van der Waals surface area contributed by atoms with Crippen LogP contribution in [0.2, 0.25) is 0 Å². The van der Waals surface area contributed by atoms with E-state index in [4.69, 9.17) is 4.74 Å². The van der Waals surface area contributed by atoms with Crippen LogP contribution < -0.4 is 0 Å². The van der Waals surface area contributed by atoms with E-state index in [-0.39, 0.29) is 5.97 Å². The molecule has 4 nitrogen and oxygen atoms in total. The van der Waals surface area contributed by atoms with Gasteiger partial charge in [0.05, 0.1) is 18.3 Å². The van der Waals surface area contributed by atoms with Crippen LogP contribution in [0.15, 0.2) is 24.5 Å². The van der Waals surface area contributed by atoms with Crippen LogP contribution in [0.4, 0.5) is 0 Å². The Morgan fingerprint density at radius 2 is 2.41 bits per heavy atom. The molecule has 0 unspecified atom stereocenters. The van der Waals surface area contributed by atoms with Crippen molar-refractivity contribution in [3.8, 4) is 0 Å². The molecule has 0 bridgehead atoms. The molecule has 1 saturated carbocycles. The molecule has 1 aliphatic carbocycles. The van der Waals surface area contributed by atoms with Gasteiger partial charge in [0.2, 0.25) is 0 Å². The lowest BCUT2D eigenvalue weighted by Crippen LogP contribution is -2.04. The van der Waals surface area contributed by atoms with E-state index in [9.17, 15) is 4.79 Å². The van der Waals surface area contributed by atoms with E-state index in [0.717, 1.165) is 5.52 Å². The van der Waals surface area contributed by atoms with E-state index in [1.165, 1.54) is 18.4 Å². The van der Waals surface area contributed by atoms with E-state index >= 15 is 0 Å². The first-order valence-corrected chi connectivity index (χ1v) is 5.94. The monoisotopic (exact) mass is 230 g/mol. The molecule has 1 aliphatic rings. The zero-order valence-corrected chi connectivity index (χ0v) is 9.72. The molecule has 1 fully saturated rings. The second-order valence-electron chi connectivity index (χ2n) is 4.34. The van der Waals surface area contributed by atoms with E-state index in [0.29, 0.717) is 18.1 Å². The molecule has 0 aromatic carbocycles. The molecule has 0 atom stereocenters. The Morgan fingerprint density at radius 1 is 1.59 bits per heavy atom. The van der Waals surface area contributed by atoms with Gasteiger partial charge in [-0.1, -0.05) is 0 Å². The van der Waals surface area contributed by atoms with E-state index in [1.54, 1.807) is 17.6 Å². The van der Waals surface area contributed by atoms with Gasteiger partial charge in [0.25, 0.3) is 0 Å². The number of esters is 1. The van der Waals surface area contributed by atoms with Crippen LogP contribution in [0, 0.1) is 0 Å². The van der Waals surface area contributed by atoms with Crippen LogP contribution in [0.25, 0.3) is 5.52 Å². The van der Waals surface area contributed by atoms with Crippen molar-refractivity contribution in [2.24, 2.45) is 0 Å². The highest BCUT2D eigenvalue weighted by molar-refractivity contribution is 5.96. The standard InChI is InChI=1S/C13H14N2O2/c1-2-17-13(16)11-8-14-15-6-5-10(7-12(11)15)9-3-4-9/h5-9H,2-4H2,1H3. The van der Waals surface area contributed by atoms with Crippen molar-refractivity contribution in [2.75, 3.05) is 6.61 Å². The van der Waals surface area contributed by atoms with Crippen molar-refractivity contribution in [3.05, 3.63) is 35.7 Å². The Morgan fingerprint density at radius 3 is 3.12 bits per heavy atom. The molecule has 0 aliphatic heterocycles. The predicted molar refractivity (Wildman–Crippen MR) is 63.1 cm³/mol. The number of pyridine rings is 1. The molecule has 0 spiro atoms. The van der Waals surface area contributed by atoms with Gasteiger partial charge < -0.3 is 4.74 Å². The molecule has 88 valence electrons. The highest BCUT2D eigenvalue weighted by Crippen LogP contribution is 2.40. The summed E-state index contributed by atoms with van der Waals surface area (Å²) in [5.41, 5.74) is 2.69. The fourth-order valence-electron chi connectivity index (χ4n) is 2.03. The number of aromatic nitrogens is 2. The van der Waals surface area contributed by atoms with Gasteiger partial charge in [-0.15, -0.1) is 0 Å². The molecular formula is C13H14N2O2. The van der Waals surface area contributed by atoms with Crippen molar-refractivity contribution < 1.29 is 9.53 Å². The number of carbonyl (C=O) groups excluding carboxylic acids is 1. The first kappa shape index (κ1) is 10.3. The molecule has 3 rings (SSSR count). The summed E-state index contributed by atoms with van der Waals surface area (Å²) >= 11 is 0. The third kappa shape index (κ3) is 1.79. The molecule has 0 amide bonds. The molecule has 0 N–H and O–H groups in total. The normalized spacial score (nSPS) is 15.1. The fourth-order valence-corrected chi connectivity index (χ4v) is 2.03. The number of ether oxygens (including phenoxy) is 1. The third-order valence-electron chi connectivity index (χ3n) is 3.09. The summed E-state index contributed by atoms with van der Waals surface area (Å²) < 4.78 is 6.74. The number of hydrogen-bond donors (Lipinski definition) is 0. The van der Waals surface area contributed by atoms with Crippen LogP contribution in [0.3, 0.4) is 0 Å². The van der Waals surface area contributed by atoms with Gasteiger partial charge in [0, 0.05) is 6.20 Å². The van der Waals surface area contributed by atoms with Gasteiger partial charge in [0.15, 0.2) is 0 Å². The van der Waals surface area contributed by atoms with Gasteiger partial charge in [-0.05, 0) is 43.4 Å². The average molecular weight is 230 g/mol. The highest BCUT2D eigenvalue weighted by Gasteiger charge is 2.24. The van der Waals surface area contributed by atoms with Crippen LogP contribution in [0.1, 0.15) is 41.6 Å². The Hall–Kier alpha value is -1.84. The number of fused-ring (bicyclic) bond motifs is 1. The van der Waals surface area contributed by atoms with Gasteiger partial charge >= 0.3 is 5.97 Å². The lowest BCUT2D eigenvalue weighted by atomic mass is 10.1. The van der Waals surface area contributed by atoms with E-state index < -0.39 is 0 Å². The summed E-state index contributed by atoms with van der Waals surface area (Å²) in [5.74, 6) is 0.375. The van der Waals surface area contributed by atoms with Crippen LogP contribution in [0.5, 0.6) is 0 Å². The quantitative estimate of drug-likeness (QED) is 0.760. The van der Waals surface area contributed by atoms with Crippen LogP contribution in [-0.4, -0.2) is 22.2 Å². The second kappa shape index (κ2) is 3.87. The minimum absolute atomic E-state index is 0.296. The lowest BCUT2D eigenvalue weighted by molar-refractivity contribution is 0.0528. The van der Waals surface area contributed by atoms with Crippen molar-refractivity contribution in [3.63, 3.8) is 0 Å². The Labute approximate surface area is 99.2 Å². The number of rotatable bonds is 3. The third-order valence-corrected chi connectivity index (χ3v) is 3.09. The SMILES string of the molecule is CCOC(=O)c1cnn2ccc(C3CC3)cc12. The molecule has 2 aromatic rings. The summed E-state index contributed by atoms with van der Waals surface area (Å²) in [4.78, 5) is 11.7. The molecule has 0 radical (unpaired) electrons. The summed E-state index contributed by atoms with van der Waals surface area (Å²) in [6.07, 6.45) is 5.98. The minimum Gasteiger partial charge on any atom is -0.462 e. The maximum Gasteiger partial charge on any atom is 0.341 e. The van der Waals surface area contributed by atoms with E-state index in [1.807, 2.05) is 6.20 Å². The van der Waals surface area contributed by atoms with Crippen molar-refractivity contribution >= 4 is 11.5 Å². The topological polar surface area (TPSA) is 43.6 Å². The summed E-state index contributed by atoms with van der Waals surface area (Å²) in [6.45, 7) is 2.19. The molecule has 17 heavy (non-hydrogen) atoms. The summed E-state index contributed by atoms with van der Waals surface area (Å²) in [7, 11) is 0.